The number of sulfonamides is 1. The maximum atomic E-state index is 13.6. The van der Waals surface area contributed by atoms with Crippen molar-refractivity contribution in [1.29, 1.82) is 0 Å². The van der Waals surface area contributed by atoms with Crippen LogP contribution in [0.3, 0.4) is 0 Å². The molecule has 7 nitrogen and oxygen atoms in total. The lowest BCUT2D eigenvalue weighted by Crippen LogP contribution is -2.38. The highest BCUT2D eigenvalue weighted by atomic mass is 32.2. The molecule has 0 aliphatic carbocycles. The Bertz CT molecular complexity index is 1220. The van der Waals surface area contributed by atoms with E-state index in [2.05, 4.69) is 5.32 Å². The fourth-order valence-electron chi connectivity index (χ4n) is 3.41. The molecular formula is C25H28N2O5S. The van der Waals surface area contributed by atoms with Crippen molar-refractivity contribution in [3.05, 3.63) is 77.9 Å². The van der Waals surface area contributed by atoms with Gasteiger partial charge < -0.3 is 14.8 Å². The molecule has 3 aromatic rings. The normalized spacial score (nSPS) is 11.0. The lowest BCUT2D eigenvalue weighted by Gasteiger charge is -2.26. The van der Waals surface area contributed by atoms with Gasteiger partial charge in [-0.1, -0.05) is 42.8 Å². The number of hydrogen-bond donors (Lipinski definition) is 1. The summed E-state index contributed by atoms with van der Waals surface area (Å²) in [6.45, 7) is 3.43. The largest absolute Gasteiger partial charge is 0.497 e. The van der Waals surface area contributed by atoms with Gasteiger partial charge in [-0.15, -0.1) is 0 Å². The fourth-order valence-corrected chi connectivity index (χ4v) is 4.87. The van der Waals surface area contributed by atoms with E-state index in [1.807, 2.05) is 26.0 Å². The third-order valence-electron chi connectivity index (χ3n) is 5.22. The summed E-state index contributed by atoms with van der Waals surface area (Å²) in [5.74, 6) is 0.481. The molecule has 1 amide bonds. The van der Waals surface area contributed by atoms with Crippen LogP contribution >= 0.6 is 0 Å². The van der Waals surface area contributed by atoms with Crippen molar-refractivity contribution in [3.8, 4) is 11.5 Å². The topological polar surface area (TPSA) is 84.9 Å². The third-order valence-corrected chi connectivity index (χ3v) is 6.99. The van der Waals surface area contributed by atoms with Gasteiger partial charge in [0.2, 0.25) is 5.91 Å². The Kier molecular flexibility index (Phi) is 7.60. The first-order valence-corrected chi connectivity index (χ1v) is 11.9. The second-order valence-electron chi connectivity index (χ2n) is 7.42. The summed E-state index contributed by atoms with van der Waals surface area (Å²) >= 11 is 0. The number of hydrogen-bond acceptors (Lipinski definition) is 5. The molecule has 0 spiro atoms. The molecule has 0 radical (unpaired) electrons. The first-order chi connectivity index (χ1) is 15.8. The molecule has 0 heterocycles. The number of amides is 1. The lowest BCUT2D eigenvalue weighted by molar-refractivity contribution is -0.114. The van der Waals surface area contributed by atoms with Crippen LogP contribution in [0.1, 0.15) is 18.1 Å². The van der Waals surface area contributed by atoms with Crippen molar-refractivity contribution in [1.82, 2.24) is 0 Å². The average molecular weight is 469 g/mol. The average Bonchev–Trinajstić information content (AvgIpc) is 2.83. The Hall–Kier alpha value is -3.52. The number of nitrogens with one attached hydrogen (secondary N) is 1. The van der Waals surface area contributed by atoms with Crippen LogP contribution in [0, 0.1) is 6.92 Å². The molecule has 174 valence electrons. The number of nitrogens with zero attached hydrogens (tertiary/aromatic N) is 1. The van der Waals surface area contributed by atoms with E-state index in [1.165, 1.54) is 14.2 Å². The Balaban J connectivity index is 1.98. The summed E-state index contributed by atoms with van der Waals surface area (Å²) in [6, 6.07) is 18.7. The molecule has 0 fully saturated rings. The van der Waals surface area contributed by atoms with Gasteiger partial charge in [-0.05, 0) is 49.2 Å². The van der Waals surface area contributed by atoms with Crippen LogP contribution in [0.5, 0.6) is 11.5 Å². The van der Waals surface area contributed by atoms with Gasteiger partial charge in [-0.3, -0.25) is 9.10 Å². The number of benzene rings is 3. The van der Waals surface area contributed by atoms with Gasteiger partial charge in [0.15, 0.2) is 0 Å². The van der Waals surface area contributed by atoms with E-state index in [-0.39, 0.29) is 4.90 Å². The highest BCUT2D eigenvalue weighted by Crippen LogP contribution is 2.30. The Morgan fingerprint density at radius 3 is 2.30 bits per heavy atom. The highest BCUT2D eigenvalue weighted by Gasteiger charge is 2.28. The van der Waals surface area contributed by atoms with Crippen LogP contribution in [-0.2, 0) is 21.2 Å². The van der Waals surface area contributed by atoms with Crippen LogP contribution < -0.4 is 19.1 Å². The third kappa shape index (κ3) is 5.46. The van der Waals surface area contributed by atoms with Gasteiger partial charge in [0.1, 0.15) is 18.0 Å². The summed E-state index contributed by atoms with van der Waals surface area (Å²) < 4.78 is 38.9. The summed E-state index contributed by atoms with van der Waals surface area (Å²) in [6.07, 6.45) is 0.615. The molecule has 3 aromatic carbocycles. The molecule has 0 saturated heterocycles. The van der Waals surface area contributed by atoms with Crippen LogP contribution in [0.25, 0.3) is 0 Å². The minimum absolute atomic E-state index is 0.119. The van der Waals surface area contributed by atoms with Crippen LogP contribution in [0.2, 0.25) is 0 Å². The van der Waals surface area contributed by atoms with Crippen molar-refractivity contribution >= 4 is 27.3 Å². The molecule has 0 bridgehead atoms. The van der Waals surface area contributed by atoms with E-state index in [0.717, 1.165) is 15.4 Å². The highest BCUT2D eigenvalue weighted by molar-refractivity contribution is 7.92. The molecule has 8 heteroatoms. The molecule has 0 aliphatic heterocycles. The Labute approximate surface area is 195 Å². The zero-order chi connectivity index (χ0) is 24.0. The minimum atomic E-state index is -4.00. The van der Waals surface area contributed by atoms with Crippen molar-refractivity contribution in [3.63, 3.8) is 0 Å². The van der Waals surface area contributed by atoms with Crippen LogP contribution in [-0.4, -0.2) is 35.1 Å². The van der Waals surface area contributed by atoms with E-state index >= 15 is 0 Å². The zero-order valence-electron chi connectivity index (χ0n) is 19.2. The number of para-hydroxylation sites is 1. The second kappa shape index (κ2) is 10.4. The van der Waals surface area contributed by atoms with Crippen LogP contribution in [0.4, 0.5) is 11.4 Å². The lowest BCUT2D eigenvalue weighted by atomic mass is 10.1. The van der Waals surface area contributed by atoms with Gasteiger partial charge in [0, 0.05) is 6.07 Å². The molecule has 0 aliphatic rings. The monoisotopic (exact) mass is 468 g/mol. The number of carbonyl (C=O) groups excluding carboxylic acids is 1. The summed E-state index contributed by atoms with van der Waals surface area (Å²) in [7, 11) is -0.980. The van der Waals surface area contributed by atoms with Gasteiger partial charge in [0.05, 0.1) is 30.5 Å². The van der Waals surface area contributed by atoms with Crippen molar-refractivity contribution in [2.45, 2.75) is 25.2 Å². The van der Waals surface area contributed by atoms with Gasteiger partial charge in [-0.2, -0.15) is 0 Å². The molecule has 0 atom stereocenters. The number of aryl methyl sites for hydroxylation is 2. The van der Waals surface area contributed by atoms with Gasteiger partial charge in [-0.25, -0.2) is 8.42 Å². The smallest absolute Gasteiger partial charge is 0.264 e. The minimum Gasteiger partial charge on any atom is -0.497 e. The molecule has 3 rings (SSSR count). The molecular weight excluding hydrogens is 440 g/mol. The summed E-state index contributed by atoms with van der Waals surface area (Å²) in [5, 5.41) is 2.76. The number of ether oxygens (including phenoxy) is 2. The fraction of sp³-hybridized carbons (Fsp3) is 0.240. The van der Waals surface area contributed by atoms with Crippen LogP contribution in [0.15, 0.2) is 71.6 Å². The SMILES string of the molecule is CCc1ccccc1N(CC(=O)Nc1ccc(OC)cc1OC)S(=O)(=O)c1ccc(C)cc1. The molecule has 0 unspecified atom stereocenters. The van der Waals surface area contributed by atoms with Gasteiger partial charge >= 0.3 is 0 Å². The quantitative estimate of drug-likeness (QED) is 0.503. The Morgan fingerprint density at radius 1 is 0.970 bits per heavy atom. The zero-order valence-corrected chi connectivity index (χ0v) is 20.0. The van der Waals surface area contributed by atoms with E-state index in [0.29, 0.717) is 29.3 Å². The standard InChI is InChI=1S/C25H28N2O5S/c1-5-19-8-6-7-9-23(19)27(33(29,30)21-13-10-18(2)11-14-21)17-25(28)26-22-15-12-20(31-3)16-24(22)32-4/h6-16H,5,17H2,1-4H3,(H,26,28). The maximum absolute atomic E-state index is 13.6. The number of carbonyl (C=O) groups is 1. The van der Waals surface area contributed by atoms with E-state index in [4.69, 9.17) is 9.47 Å². The summed E-state index contributed by atoms with van der Waals surface area (Å²) in [4.78, 5) is 13.2. The van der Waals surface area contributed by atoms with E-state index < -0.39 is 22.5 Å². The van der Waals surface area contributed by atoms with Crippen molar-refractivity contribution in [2.75, 3.05) is 30.4 Å². The maximum Gasteiger partial charge on any atom is 0.264 e. The predicted molar refractivity (Wildman–Crippen MR) is 130 cm³/mol. The molecule has 0 aromatic heterocycles. The second-order valence-corrected chi connectivity index (χ2v) is 9.28. The Morgan fingerprint density at radius 2 is 1.67 bits per heavy atom. The predicted octanol–water partition coefficient (Wildman–Crippen LogP) is 4.41. The molecule has 0 saturated carbocycles. The van der Waals surface area contributed by atoms with Crippen molar-refractivity contribution in [2.24, 2.45) is 0 Å². The first kappa shape index (κ1) is 24.1. The van der Waals surface area contributed by atoms with E-state index in [9.17, 15) is 13.2 Å². The molecule has 33 heavy (non-hydrogen) atoms. The number of anilines is 2. The van der Waals surface area contributed by atoms with Crippen molar-refractivity contribution < 1.29 is 22.7 Å². The summed E-state index contributed by atoms with van der Waals surface area (Å²) in [5.41, 5.74) is 2.65. The van der Waals surface area contributed by atoms with Gasteiger partial charge in [0.25, 0.3) is 10.0 Å². The van der Waals surface area contributed by atoms with E-state index in [1.54, 1.807) is 54.6 Å². The first-order valence-electron chi connectivity index (χ1n) is 10.5. The number of methoxy groups -OCH3 is 2. The number of rotatable bonds is 9. The molecule has 1 N–H and O–H groups in total.